The van der Waals surface area contributed by atoms with Crippen molar-refractivity contribution in [2.24, 2.45) is 5.73 Å². The van der Waals surface area contributed by atoms with Gasteiger partial charge in [-0.15, -0.1) is 20.4 Å². The molecule has 1 rings (SSSR count). The van der Waals surface area contributed by atoms with Crippen LogP contribution >= 0.6 is 0 Å². The van der Waals surface area contributed by atoms with Gasteiger partial charge >= 0.3 is 5.97 Å². The number of rotatable bonds is 10. The van der Waals surface area contributed by atoms with Gasteiger partial charge in [-0.3, -0.25) is 4.79 Å². The van der Waals surface area contributed by atoms with Crippen LogP contribution in [0.2, 0.25) is 0 Å². The van der Waals surface area contributed by atoms with E-state index in [0.29, 0.717) is 12.2 Å². The summed E-state index contributed by atoms with van der Waals surface area (Å²) in [7, 11) is 0. The average Bonchev–Trinajstić information content (AvgIpc) is 2.42. The molecular weight excluding hydrogens is 248 g/mol. The molecule has 1 atom stereocenters. The zero-order valence-electron chi connectivity index (χ0n) is 10.8. The molecule has 1 heterocycles. The van der Waals surface area contributed by atoms with E-state index in [0.717, 1.165) is 38.8 Å². The summed E-state index contributed by atoms with van der Waals surface area (Å²) in [5.74, 6) is -0.283. The van der Waals surface area contributed by atoms with Gasteiger partial charge in [0.2, 0.25) is 0 Å². The number of nitrogens with zero attached hydrogens (tertiary/aromatic N) is 4. The van der Waals surface area contributed by atoms with E-state index in [1.54, 1.807) is 0 Å². The van der Waals surface area contributed by atoms with Crippen LogP contribution in [0.15, 0.2) is 6.33 Å². The summed E-state index contributed by atoms with van der Waals surface area (Å²) in [6, 6.07) is -0.741. The number of carboxylic acid groups (broad SMARTS) is 1. The van der Waals surface area contributed by atoms with Crippen LogP contribution in [0, 0.1) is 0 Å². The van der Waals surface area contributed by atoms with Gasteiger partial charge in [-0.2, -0.15) is 0 Å². The van der Waals surface area contributed by atoms with Crippen LogP contribution < -0.4 is 11.1 Å². The molecule has 0 amide bonds. The number of hydrogen-bond donors (Lipinski definition) is 3. The lowest BCUT2D eigenvalue weighted by Crippen LogP contribution is -2.30. The standard InChI is InChI=1S/C11H20N6O2/c12-9(11(18)19)4-1-2-6-13-7-3-5-10-16-14-8-15-17-10/h8-9,13H,1-7,12H2,(H,18,19). The van der Waals surface area contributed by atoms with Gasteiger partial charge in [-0.05, 0) is 32.4 Å². The van der Waals surface area contributed by atoms with Crippen LogP contribution in [-0.2, 0) is 11.2 Å². The van der Waals surface area contributed by atoms with Crippen molar-refractivity contribution in [3.8, 4) is 0 Å². The van der Waals surface area contributed by atoms with Crippen molar-refractivity contribution in [2.45, 2.75) is 38.1 Å². The molecule has 1 unspecified atom stereocenters. The molecule has 0 spiro atoms. The van der Waals surface area contributed by atoms with Gasteiger partial charge in [0, 0.05) is 6.42 Å². The Morgan fingerprint density at radius 3 is 2.63 bits per heavy atom. The molecule has 1 aromatic rings. The fraction of sp³-hybridized carbons (Fsp3) is 0.727. The fourth-order valence-electron chi connectivity index (χ4n) is 1.56. The molecule has 0 saturated carbocycles. The molecule has 0 aliphatic rings. The summed E-state index contributed by atoms with van der Waals surface area (Å²) in [5.41, 5.74) is 5.40. The van der Waals surface area contributed by atoms with E-state index in [1.165, 1.54) is 6.33 Å². The highest BCUT2D eigenvalue weighted by molar-refractivity contribution is 5.72. The second kappa shape index (κ2) is 9.29. The number of aromatic nitrogens is 4. The summed E-state index contributed by atoms with van der Waals surface area (Å²) in [6.07, 6.45) is 5.23. The molecule has 8 heteroatoms. The molecule has 0 saturated heterocycles. The Bertz CT molecular complexity index is 361. The summed E-state index contributed by atoms with van der Waals surface area (Å²) < 4.78 is 0. The summed E-state index contributed by atoms with van der Waals surface area (Å²) in [5, 5.41) is 26.9. The molecule has 106 valence electrons. The minimum atomic E-state index is -0.932. The number of aliphatic carboxylic acids is 1. The Labute approximate surface area is 111 Å². The fourth-order valence-corrected chi connectivity index (χ4v) is 1.56. The summed E-state index contributed by atoms with van der Waals surface area (Å²) in [6.45, 7) is 1.72. The van der Waals surface area contributed by atoms with Gasteiger partial charge in [0.25, 0.3) is 0 Å². The molecule has 0 fully saturated rings. The van der Waals surface area contributed by atoms with Crippen LogP contribution in [0.3, 0.4) is 0 Å². The third kappa shape index (κ3) is 7.37. The lowest BCUT2D eigenvalue weighted by Gasteiger charge is -2.06. The summed E-state index contributed by atoms with van der Waals surface area (Å²) in [4.78, 5) is 10.5. The van der Waals surface area contributed by atoms with Crippen LogP contribution in [-0.4, -0.2) is 50.6 Å². The van der Waals surface area contributed by atoms with Crippen molar-refractivity contribution in [3.05, 3.63) is 12.2 Å². The second-order valence-corrected chi connectivity index (χ2v) is 4.26. The zero-order valence-corrected chi connectivity index (χ0v) is 10.8. The quantitative estimate of drug-likeness (QED) is 0.479. The maximum absolute atomic E-state index is 10.5. The molecule has 4 N–H and O–H groups in total. The highest BCUT2D eigenvalue weighted by Gasteiger charge is 2.09. The molecule has 0 aromatic carbocycles. The van der Waals surface area contributed by atoms with Crippen molar-refractivity contribution in [2.75, 3.05) is 13.1 Å². The second-order valence-electron chi connectivity index (χ2n) is 4.26. The largest absolute Gasteiger partial charge is 0.480 e. The predicted octanol–water partition coefficient (Wildman–Crippen LogP) is -0.629. The van der Waals surface area contributed by atoms with Crippen LogP contribution in [0.4, 0.5) is 0 Å². The Hall–Kier alpha value is -1.67. The first-order valence-corrected chi connectivity index (χ1v) is 6.38. The zero-order chi connectivity index (χ0) is 13.9. The highest BCUT2D eigenvalue weighted by atomic mass is 16.4. The smallest absolute Gasteiger partial charge is 0.320 e. The van der Waals surface area contributed by atoms with E-state index in [1.807, 2.05) is 0 Å². The monoisotopic (exact) mass is 268 g/mol. The molecular formula is C11H20N6O2. The number of aryl methyl sites for hydroxylation is 1. The first-order valence-electron chi connectivity index (χ1n) is 6.38. The molecule has 0 aliphatic carbocycles. The number of unbranched alkanes of at least 4 members (excludes halogenated alkanes) is 1. The Balaban J connectivity index is 1.90. The average molecular weight is 268 g/mol. The van der Waals surface area contributed by atoms with E-state index >= 15 is 0 Å². The van der Waals surface area contributed by atoms with E-state index in [-0.39, 0.29) is 0 Å². The number of nitrogens with two attached hydrogens (primary N) is 1. The maximum Gasteiger partial charge on any atom is 0.320 e. The van der Waals surface area contributed by atoms with Crippen LogP contribution in [0.25, 0.3) is 0 Å². The molecule has 1 aromatic heterocycles. The highest BCUT2D eigenvalue weighted by Crippen LogP contribution is 1.98. The van der Waals surface area contributed by atoms with Crippen molar-refractivity contribution in [1.29, 1.82) is 0 Å². The number of carbonyl (C=O) groups is 1. The number of carboxylic acids is 1. The molecule has 19 heavy (non-hydrogen) atoms. The molecule has 0 bridgehead atoms. The van der Waals surface area contributed by atoms with Gasteiger partial charge < -0.3 is 16.2 Å². The minimum absolute atomic E-state index is 0.520. The maximum atomic E-state index is 10.5. The summed E-state index contributed by atoms with van der Waals surface area (Å²) >= 11 is 0. The Morgan fingerprint density at radius 1 is 1.26 bits per heavy atom. The van der Waals surface area contributed by atoms with Crippen LogP contribution in [0.5, 0.6) is 0 Å². The van der Waals surface area contributed by atoms with Gasteiger partial charge in [0.1, 0.15) is 6.04 Å². The van der Waals surface area contributed by atoms with Crippen molar-refractivity contribution in [1.82, 2.24) is 25.7 Å². The number of nitrogens with one attached hydrogen (secondary N) is 1. The molecule has 8 nitrogen and oxygen atoms in total. The van der Waals surface area contributed by atoms with Gasteiger partial charge in [0.15, 0.2) is 12.2 Å². The first-order chi connectivity index (χ1) is 9.20. The van der Waals surface area contributed by atoms with Gasteiger partial charge in [0.05, 0.1) is 0 Å². The Kier molecular flexibility index (Phi) is 7.52. The normalized spacial score (nSPS) is 12.3. The molecule has 0 radical (unpaired) electrons. The van der Waals surface area contributed by atoms with Crippen molar-refractivity contribution in [3.63, 3.8) is 0 Å². The third-order valence-electron chi connectivity index (χ3n) is 2.64. The topological polar surface area (TPSA) is 127 Å². The van der Waals surface area contributed by atoms with E-state index < -0.39 is 12.0 Å². The van der Waals surface area contributed by atoms with Crippen LogP contribution in [0.1, 0.15) is 31.5 Å². The Morgan fingerprint density at radius 2 is 1.95 bits per heavy atom. The number of hydrogen-bond acceptors (Lipinski definition) is 7. The van der Waals surface area contributed by atoms with E-state index in [4.69, 9.17) is 10.8 Å². The molecule has 0 aliphatic heterocycles. The third-order valence-corrected chi connectivity index (χ3v) is 2.64. The minimum Gasteiger partial charge on any atom is -0.480 e. The predicted molar refractivity (Wildman–Crippen MR) is 68.3 cm³/mol. The van der Waals surface area contributed by atoms with Crippen molar-refractivity contribution >= 4 is 5.97 Å². The SMILES string of the molecule is NC(CCCCNCCCc1nncnn1)C(=O)O. The van der Waals surface area contributed by atoms with E-state index in [9.17, 15) is 4.79 Å². The van der Waals surface area contributed by atoms with Crippen molar-refractivity contribution < 1.29 is 9.90 Å². The van der Waals surface area contributed by atoms with E-state index in [2.05, 4.69) is 25.7 Å². The lowest BCUT2D eigenvalue weighted by molar-refractivity contribution is -0.138. The van der Waals surface area contributed by atoms with Gasteiger partial charge in [-0.1, -0.05) is 6.42 Å². The first kappa shape index (κ1) is 15.4. The van der Waals surface area contributed by atoms with Gasteiger partial charge in [-0.25, -0.2) is 0 Å². The lowest BCUT2D eigenvalue weighted by atomic mass is 10.1.